The lowest BCUT2D eigenvalue weighted by Gasteiger charge is -2.32. The molecule has 1 aromatic carbocycles. The molecule has 2 unspecified atom stereocenters. The van der Waals surface area contributed by atoms with E-state index in [1.54, 1.807) is 6.07 Å². The number of hydrogen-bond donors (Lipinski definition) is 1. The van der Waals surface area contributed by atoms with Crippen LogP contribution in [-0.4, -0.2) is 13.2 Å². The fraction of sp³-hybridized carbons (Fsp3) is 0.538. The molecule has 0 radical (unpaired) electrons. The monoisotopic (exact) mass is 301 g/mol. The summed E-state index contributed by atoms with van der Waals surface area (Å²) in [4.78, 5) is 0. The fourth-order valence-corrected chi connectivity index (χ4v) is 2.75. The van der Waals surface area contributed by atoms with Crippen molar-refractivity contribution >= 4 is 15.9 Å². The van der Waals surface area contributed by atoms with Gasteiger partial charge in [-0.2, -0.15) is 0 Å². The summed E-state index contributed by atoms with van der Waals surface area (Å²) >= 11 is 3.36. The number of nitrogens with one attached hydrogen (secondary N) is 1. The van der Waals surface area contributed by atoms with Crippen LogP contribution in [0.5, 0.6) is 5.75 Å². The summed E-state index contributed by atoms with van der Waals surface area (Å²) in [5.74, 6) is 0.900. The Morgan fingerprint density at radius 2 is 2.29 bits per heavy atom. The number of fused-ring (bicyclic) bond motifs is 1. The van der Waals surface area contributed by atoms with E-state index in [0.717, 1.165) is 24.3 Å². The Balaban J connectivity index is 2.36. The average Bonchev–Trinajstić information content (AvgIpc) is 2.27. The van der Waals surface area contributed by atoms with Gasteiger partial charge in [0.1, 0.15) is 11.6 Å². The Kier molecular flexibility index (Phi) is 4.05. The van der Waals surface area contributed by atoms with Crippen LogP contribution in [0.25, 0.3) is 0 Å². The number of halogens is 2. The number of benzene rings is 1. The Morgan fingerprint density at radius 3 is 3.00 bits per heavy atom. The van der Waals surface area contributed by atoms with Crippen molar-refractivity contribution < 1.29 is 9.13 Å². The highest BCUT2D eigenvalue weighted by Crippen LogP contribution is 2.40. The zero-order valence-electron chi connectivity index (χ0n) is 10.1. The lowest BCUT2D eigenvalue weighted by Crippen LogP contribution is -2.34. The van der Waals surface area contributed by atoms with E-state index in [-0.39, 0.29) is 11.9 Å². The van der Waals surface area contributed by atoms with Crippen molar-refractivity contribution in [3.63, 3.8) is 0 Å². The molecule has 17 heavy (non-hydrogen) atoms. The molecule has 4 heteroatoms. The van der Waals surface area contributed by atoms with E-state index in [9.17, 15) is 4.39 Å². The van der Waals surface area contributed by atoms with Gasteiger partial charge >= 0.3 is 0 Å². The van der Waals surface area contributed by atoms with Gasteiger partial charge in [-0.15, -0.1) is 0 Å². The molecule has 2 nitrogen and oxygen atoms in total. The summed E-state index contributed by atoms with van der Waals surface area (Å²) in [5, 5.41) is 3.46. The topological polar surface area (TPSA) is 21.3 Å². The van der Waals surface area contributed by atoms with Crippen LogP contribution in [0.1, 0.15) is 31.9 Å². The van der Waals surface area contributed by atoms with Gasteiger partial charge in [-0.05, 0) is 41.0 Å². The van der Waals surface area contributed by atoms with Gasteiger partial charge in [0.2, 0.25) is 0 Å². The first-order valence-electron chi connectivity index (χ1n) is 5.98. The average molecular weight is 302 g/mol. The Bertz CT molecular complexity index is 411. The molecule has 1 aliphatic rings. The second-order valence-corrected chi connectivity index (χ2v) is 5.38. The molecular formula is C13H17BrFNO. The predicted octanol–water partition coefficient (Wildman–Crippen LogP) is 3.66. The number of hydrogen-bond acceptors (Lipinski definition) is 2. The van der Waals surface area contributed by atoms with Crippen LogP contribution >= 0.6 is 15.9 Å². The molecule has 1 aromatic rings. The molecule has 1 N–H and O–H groups in total. The van der Waals surface area contributed by atoms with Gasteiger partial charge in [0, 0.05) is 17.5 Å². The van der Waals surface area contributed by atoms with Crippen molar-refractivity contribution in [1.82, 2.24) is 5.32 Å². The van der Waals surface area contributed by atoms with Gasteiger partial charge < -0.3 is 10.1 Å². The van der Waals surface area contributed by atoms with Crippen LogP contribution in [0, 0.1) is 11.7 Å². The molecular weight excluding hydrogens is 285 g/mol. The van der Waals surface area contributed by atoms with E-state index >= 15 is 0 Å². The first kappa shape index (κ1) is 12.8. The molecule has 94 valence electrons. The highest BCUT2D eigenvalue weighted by molar-refractivity contribution is 9.10. The first-order chi connectivity index (χ1) is 8.13. The molecule has 1 aliphatic heterocycles. The maximum atomic E-state index is 13.5. The molecule has 0 bridgehead atoms. The van der Waals surface area contributed by atoms with E-state index in [1.165, 1.54) is 6.07 Å². The summed E-state index contributed by atoms with van der Waals surface area (Å²) in [5.41, 5.74) is 0.920. The highest BCUT2D eigenvalue weighted by atomic mass is 79.9. The van der Waals surface area contributed by atoms with Crippen molar-refractivity contribution in [2.24, 2.45) is 5.92 Å². The summed E-state index contributed by atoms with van der Waals surface area (Å²) in [6, 6.07) is 3.19. The minimum atomic E-state index is -0.225. The van der Waals surface area contributed by atoms with Gasteiger partial charge in [0.05, 0.1) is 11.1 Å². The maximum Gasteiger partial charge on any atom is 0.138 e. The van der Waals surface area contributed by atoms with Crippen molar-refractivity contribution in [2.75, 3.05) is 13.2 Å². The van der Waals surface area contributed by atoms with E-state index in [1.807, 2.05) is 0 Å². The van der Waals surface area contributed by atoms with Gasteiger partial charge in [-0.1, -0.05) is 13.8 Å². The number of rotatable bonds is 3. The van der Waals surface area contributed by atoms with Gasteiger partial charge in [-0.3, -0.25) is 0 Å². The van der Waals surface area contributed by atoms with E-state index in [0.29, 0.717) is 17.0 Å². The molecule has 1 heterocycles. The molecule has 0 saturated carbocycles. The van der Waals surface area contributed by atoms with Gasteiger partial charge in [-0.25, -0.2) is 4.39 Å². The molecule has 0 aliphatic carbocycles. The standard InChI is InChI=1S/C13H17BrFNO/c1-3-4-16-12-8(2)7-17-13-10(12)5-9(15)6-11(13)14/h5-6,8,12,16H,3-4,7H2,1-2H3. The second kappa shape index (κ2) is 5.36. The van der Waals surface area contributed by atoms with Crippen molar-refractivity contribution in [3.05, 3.63) is 28.0 Å². The van der Waals surface area contributed by atoms with Crippen molar-refractivity contribution in [2.45, 2.75) is 26.3 Å². The van der Waals surface area contributed by atoms with E-state index < -0.39 is 0 Å². The molecule has 0 saturated heterocycles. The Morgan fingerprint density at radius 1 is 1.53 bits per heavy atom. The zero-order valence-corrected chi connectivity index (χ0v) is 11.7. The summed E-state index contributed by atoms with van der Waals surface area (Å²) in [6.45, 7) is 5.84. The summed E-state index contributed by atoms with van der Waals surface area (Å²) in [6.07, 6.45) is 1.07. The van der Waals surface area contributed by atoms with Gasteiger partial charge in [0.25, 0.3) is 0 Å². The van der Waals surface area contributed by atoms with Gasteiger partial charge in [0.15, 0.2) is 0 Å². The lowest BCUT2D eigenvalue weighted by molar-refractivity contribution is 0.187. The molecule has 0 aromatic heterocycles. The Hall–Kier alpha value is -0.610. The summed E-state index contributed by atoms with van der Waals surface area (Å²) < 4.78 is 19.8. The van der Waals surface area contributed by atoms with Crippen molar-refractivity contribution in [3.8, 4) is 5.75 Å². The number of ether oxygens (including phenoxy) is 1. The van der Waals surface area contributed by atoms with E-state index in [4.69, 9.17) is 4.74 Å². The minimum Gasteiger partial charge on any atom is -0.492 e. The lowest BCUT2D eigenvalue weighted by atomic mass is 9.92. The third-order valence-corrected chi connectivity index (χ3v) is 3.64. The van der Waals surface area contributed by atoms with Crippen LogP contribution in [0.3, 0.4) is 0 Å². The quantitative estimate of drug-likeness (QED) is 0.920. The molecule has 0 amide bonds. The zero-order chi connectivity index (χ0) is 12.4. The smallest absolute Gasteiger partial charge is 0.138 e. The maximum absolute atomic E-state index is 13.5. The third kappa shape index (κ3) is 2.63. The van der Waals surface area contributed by atoms with Crippen LogP contribution in [0.15, 0.2) is 16.6 Å². The van der Waals surface area contributed by atoms with Crippen molar-refractivity contribution in [1.29, 1.82) is 0 Å². The van der Waals surface area contributed by atoms with Crippen LogP contribution in [-0.2, 0) is 0 Å². The van der Waals surface area contributed by atoms with Crippen LogP contribution in [0.2, 0.25) is 0 Å². The first-order valence-corrected chi connectivity index (χ1v) is 6.78. The minimum absolute atomic E-state index is 0.172. The molecule has 0 spiro atoms. The SMILES string of the molecule is CCCNC1c2cc(F)cc(Br)c2OCC1C. The summed E-state index contributed by atoms with van der Waals surface area (Å²) in [7, 11) is 0. The third-order valence-electron chi connectivity index (χ3n) is 3.05. The fourth-order valence-electron chi connectivity index (χ4n) is 2.19. The predicted molar refractivity (Wildman–Crippen MR) is 69.8 cm³/mol. The highest BCUT2D eigenvalue weighted by Gasteiger charge is 2.29. The van der Waals surface area contributed by atoms with Crippen LogP contribution in [0.4, 0.5) is 4.39 Å². The molecule has 0 fully saturated rings. The molecule has 2 atom stereocenters. The second-order valence-electron chi connectivity index (χ2n) is 4.53. The molecule has 2 rings (SSSR count). The normalized spacial score (nSPS) is 23.1. The Labute approximate surface area is 110 Å². The van der Waals surface area contributed by atoms with E-state index in [2.05, 4.69) is 35.1 Å². The largest absolute Gasteiger partial charge is 0.492 e. The van der Waals surface area contributed by atoms with Crippen LogP contribution < -0.4 is 10.1 Å².